The summed E-state index contributed by atoms with van der Waals surface area (Å²) in [5.41, 5.74) is 5.27. The monoisotopic (exact) mass is 531 g/mol. The molecule has 0 bridgehead atoms. The Morgan fingerprint density at radius 2 is 1.84 bits per heavy atom. The highest BCUT2D eigenvalue weighted by molar-refractivity contribution is 7.07. The van der Waals surface area contributed by atoms with Crippen LogP contribution in [0.15, 0.2) is 76.0 Å². The van der Waals surface area contributed by atoms with E-state index in [1.54, 1.807) is 23.6 Å². The Morgan fingerprint density at radius 3 is 2.46 bits per heavy atom. The van der Waals surface area contributed by atoms with Gasteiger partial charge in [-0.1, -0.05) is 65.4 Å². The molecule has 0 radical (unpaired) electrons. The predicted octanol–water partition coefficient (Wildman–Crippen LogP) is 4.54. The zero-order valence-corrected chi connectivity index (χ0v) is 22.6. The van der Waals surface area contributed by atoms with Crippen LogP contribution in [0.5, 0.6) is 0 Å². The van der Waals surface area contributed by atoms with Gasteiger partial charge in [-0.2, -0.15) is 0 Å². The maximum absolute atomic E-state index is 13.9. The first-order valence-electron chi connectivity index (χ1n) is 12.0. The molecule has 8 heteroatoms. The number of hydrogen-bond acceptors (Lipinski definition) is 5. The molecule has 37 heavy (non-hydrogen) atoms. The van der Waals surface area contributed by atoms with Crippen molar-refractivity contribution in [2.45, 2.75) is 26.8 Å². The Morgan fingerprint density at radius 1 is 1.14 bits per heavy atom. The van der Waals surface area contributed by atoms with Crippen molar-refractivity contribution in [1.29, 1.82) is 0 Å². The van der Waals surface area contributed by atoms with Crippen LogP contribution in [0.25, 0.3) is 11.8 Å². The minimum atomic E-state index is -0.719. The van der Waals surface area contributed by atoms with Crippen molar-refractivity contribution in [3.63, 3.8) is 0 Å². The normalized spacial score (nSPS) is 15.5. The minimum absolute atomic E-state index is 0.203. The number of rotatable bonds is 5. The van der Waals surface area contributed by atoms with Crippen molar-refractivity contribution < 1.29 is 9.53 Å². The zero-order valence-electron chi connectivity index (χ0n) is 21.0. The van der Waals surface area contributed by atoms with Crippen molar-refractivity contribution >= 4 is 40.7 Å². The van der Waals surface area contributed by atoms with Crippen LogP contribution in [-0.2, 0) is 16.6 Å². The van der Waals surface area contributed by atoms with Crippen LogP contribution in [0.1, 0.15) is 41.0 Å². The van der Waals surface area contributed by atoms with Gasteiger partial charge in [0.05, 0.1) is 28.5 Å². The Bertz CT molecular complexity index is 1710. The van der Waals surface area contributed by atoms with E-state index < -0.39 is 12.0 Å². The first kappa shape index (κ1) is 25.0. The summed E-state index contributed by atoms with van der Waals surface area (Å²) >= 11 is 7.50. The molecule has 0 aliphatic carbocycles. The lowest BCUT2D eigenvalue weighted by Gasteiger charge is -2.25. The average molecular weight is 532 g/mol. The van der Waals surface area contributed by atoms with E-state index in [1.807, 2.05) is 69.4 Å². The number of carbonyl (C=O) groups is 1. The van der Waals surface area contributed by atoms with Gasteiger partial charge in [0.1, 0.15) is 0 Å². The number of aryl methyl sites for hydroxylation is 1. The molecule has 2 aromatic heterocycles. The van der Waals surface area contributed by atoms with Gasteiger partial charge in [-0.25, -0.2) is 9.79 Å². The van der Waals surface area contributed by atoms with Gasteiger partial charge in [-0.3, -0.25) is 9.36 Å². The molecule has 3 heterocycles. The predicted molar refractivity (Wildman–Crippen MR) is 147 cm³/mol. The Hall–Kier alpha value is -3.68. The smallest absolute Gasteiger partial charge is 0.338 e. The second kappa shape index (κ2) is 10.00. The van der Waals surface area contributed by atoms with Crippen LogP contribution < -0.4 is 14.9 Å². The molecule has 0 spiro atoms. The van der Waals surface area contributed by atoms with Gasteiger partial charge < -0.3 is 9.30 Å². The van der Waals surface area contributed by atoms with Crippen LogP contribution in [-0.4, -0.2) is 21.7 Å². The van der Waals surface area contributed by atoms with Crippen molar-refractivity contribution in [1.82, 2.24) is 9.13 Å². The van der Waals surface area contributed by atoms with Crippen LogP contribution in [0, 0.1) is 13.8 Å². The number of nitrogens with zero attached hydrogens (tertiary/aromatic N) is 3. The third kappa shape index (κ3) is 4.49. The van der Waals surface area contributed by atoms with Crippen LogP contribution >= 0.6 is 22.9 Å². The summed E-state index contributed by atoms with van der Waals surface area (Å²) in [5, 5.41) is 0.566. The number of thiazole rings is 1. The number of benzene rings is 2. The number of esters is 1. The summed E-state index contributed by atoms with van der Waals surface area (Å²) in [7, 11) is 2.00. The average Bonchev–Trinajstić information content (AvgIpc) is 3.34. The highest BCUT2D eigenvalue weighted by Gasteiger charge is 2.35. The standard InChI is InChI=1S/C29H26ClN3O3S/c1-5-36-28(35)24-25(19-9-7-6-8-10-19)31-29-33(26(24)20-11-13-22(30)14-12-20)27(34)23(37-29)16-21-15-17(2)32(4)18(21)3/h6-16,26H,5H2,1-4H3/b23-16+/t26-/m1/s1. The fraction of sp³-hybridized carbons (Fsp3) is 0.207. The quantitative estimate of drug-likeness (QED) is 0.355. The topological polar surface area (TPSA) is 65.6 Å². The SMILES string of the molecule is CCOC(=O)C1=C(c2ccccc2)N=c2s/c(=C/c3cc(C)n(C)c3C)c(=O)n2[C@@H]1c1ccc(Cl)cc1. The highest BCUT2D eigenvalue weighted by Crippen LogP contribution is 2.35. The molecule has 188 valence electrons. The molecule has 2 aromatic carbocycles. The second-order valence-electron chi connectivity index (χ2n) is 8.87. The molecule has 0 N–H and O–H groups in total. The summed E-state index contributed by atoms with van der Waals surface area (Å²) in [5.74, 6) is -0.506. The lowest BCUT2D eigenvalue weighted by atomic mass is 9.93. The summed E-state index contributed by atoms with van der Waals surface area (Å²) < 4.78 is 9.73. The Kier molecular flexibility index (Phi) is 6.75. The number of ether oxygens (including phenoxy) is 1. The van der Waals surface area contributed by atoms with Crippen LogP contribution in [0.4, 0.5) is 0 Å². The van der Waals surface area contributed by atoms with Gasteiger partial charge in [-0.15, -0.1) is 0 Å². The van der Waals surface area contributed by atoms with E-state index in [4.69, 9.17) is 21.3 Å². The van der Waals surface area contributed by atoms with E-state index in [1.165, 1.54) is 11.3 Å². The lowest BCUT2D eigenvalue weighted by Crippen LogP contribution is -2.40. The molecule has 5 rings (SSSR count). The molecule has 6 nitrogen and oxygen atoms in total. The van der Waals surface area contributed by atoms with Crippen molar-refractivity contribution in [2.24, 2.45) is 12.0 Å². The molecular weight excluding hydrogens is 506 g/mol. The van der Waals surface area contributed by atoms with Gasteiger partial charge in [0, 0.05) is 29.0 Å². The third-order valence-corrected chi connectivity index (χ3v) is 7.90. The van der Waals surface area contributed by atoms with Crippen LogP contribution in [0.3, 0.4) is 0 Å². The molecule has 1 atom stereocenters. The highest BCUT2D eigenvalue weighted by atomic mass is 35.5. The molecular formula is C29H26ClN3O3S. The second-order valence-corrected chi connectivity index (χ2v) is 10.3. The molecule has 4 aromatic rings. The summed E-state index contributed by atoms with van der Waals surface area (Å²) in [6.45, 7) is 6.02. The molecule has 0 fully saturated rings. The van der Waals surface area contributed by atoms with E-state index in [0.29, 0.717) is 25.6 Å². The van der Waals surface area contributed by atoms with E-state index in [-0.39, 0.29) is 12.2 Å². The van der Waals surface area contributed by atoms with Crippen molar-refractivity contribution in [3.8, 4) is 0 Å². The van der Waals surface area contributed by atoms with Gasteiger partial charge in [0.25, 0.3) is 5.56 Å². The third-order valence-electron chi connectivity index (χ3n) is 6.66. The molecule has 1 aliphatic heterocycles. The minimum Gasteiger partial charge on any atom is -0.463 e. The van der Waals surface area contributed by atoms with Crippen LogP contribution in [0.2, 0.25) is 5.02 Å². The van der Waals surface area contributed by atoms with E-state index in [0.717, 1.165) is 28.1 Å². The number of fused-ring (bicyclic) bond motifs is 1. The Labute approximate surface area is 223 Å². The van der Waals surface area contributed by atoms with Gasteiger partial charge in [-0.05, 0) is 56.2 Å². The van der Waals surface area contributed by atoms with Crippen molar-refractivity contribution in [3.05, 3.63) is 119 Å². The molecule has 0 saturated carbocycles. The van der Waals surface area contributed by atoms with Crippen molar-refractivity contribution in [2.75, 3.05) is 6.61 Å². The first-order valence-corrected chi connectivity index (χ1v) is 13.2. The fourth-order valence-corrected chi connectivity index (χ4v) is 5.69. The first-order chi connectivity index (χ1) is 17.8. The number of hydrogen-bond donors (Lipinski definition) is 0. The molecule has 1 aliphatic rings. The van der Waals surface area contributed by atoms with E-state index in [2.05, 4.69) is 10.6 Å². The largest absolute Gasteiger partial charge is 0.463 e. The number of halogens is 1. The van der Waals surface area contributed by atoms with Gasteiger partial charge in [0.2, 0.25) is 0 Å². The van der Waals surface area contributed by atoms with E-state index in [9.17, 15) is 9.59 Å². The van der Waals surface area contributed by atoms with E-state index >= 15 is 0 Å². The van der Waals surface area contributed by atoms with Gasteiger partial charge in [0.15, 0.2) is 4.80 Å². The summed E-state index contributed by atoms with van der Waals surface area (Å²) in [6, 6.07) is 18.0. The Balaban J connectivity index is 1.84. The fourth-order valence-electron chi connectivity index (χ4n) is 4.57. The summed E-state index contributed by atoms with van der Waals surface area (Å²) in [4.78, 5) is 32.8. The maximum atomic E-state index is 13.9. The molecule has 0 saturated heterocycles. The summed E-state index contributed by atoms with van der Waals surface area (Å²) in [6.07, 6.45) is 1.90. The molecule has 0 amide bonds. The number of carbonyl (C=O) groups excluding carboxylic acids is 1. The van der Waals surface area contributed by atoms with Gasteiger partial charge >= 0.3 is 5.97 Å². The lowest BCUT2D eigenvalue weighted by molar-refractivity contribution is -0.138. The number of aromatic nitrogens is 2. The maximum Gasteiger partial charge on any atom is 0.338 e. The molecule has 0 unspecified atom stereocenters. The zero-order chi connectivity index (χ0) is 26.3.